The van der Waals surface area contributed by atoms with Crippen LogP contribution >= 0.6 is 0 Å². The van der Waals surface area contributed by atoms with E-state index in [1.54, 1.807) is 0 Å². The van der Waals surface area contributed by atoms with Crippen LogP contribution in [-0.2, 0) is 0 Å². The first-order chi connectivity index (χ1) is 29.7. The third-order valence-corrected chi connectivity index (χ3v) is 11.7. The minimum Gasteiger partial charge on any atom is -0.456 e. The summed E-state index contributed by atoms with van der Waals surface area (Å²) in [7, 11) is 0. The number of benzene rings is 10. The number of anilines is 3. The molecule has 10 aromatic carbocycles. The van der Waals surface area contributed by atoms with Gasteiger partial charge in [-0.25, -0.2) is 0 Å². The monoisotopic (exact) mass is 765 g/mol. The molecule has 0 bridgehead atoms. The molecule has 0 radical (unpaired) electrons. The Bertz CT molecular complexity index is 3250. The largest absolute Gasteiger partial charge is 0.456 e. The molecule has 1 heterocycles. The topological polar surface area (TPSA) is 16.4 Å². The second kappa shape index (κ2) is 15.1. The number of fused-ring (bicyclic) bond motifs is 3. The highest BCUT2D eigenvalue weighted by molar-refractivity contribution is 5.97. The van der Waals surface area contributed by atoms with Gasteiger partial charge in [-0.2, -0.15) is 0 Å². The molecule has 2 nitrogen and oxygen atoms in total. The normalized spacial score (nSPS) is 11.3. The fraction of sp³-hybridized carbons (Fsp3) is 0. The highest BCUT2D eigenvalue weighted by atomic mass is 16.3. The summed E-state index contributed by atoms with van der Waals surface area (Å²) in [6.07, 6.45) is 0. The van der Waals surface area contributed by atoms with Crippen molar-refractivity contribution >= 4 is 49.6 Å². The van der Waals surface area contributed by atoms with Gasteiger partial charge in [0.15, 0.2) is 0 Å². The molecule has 11 rings (SSSR count). The summed E-state index contributed by atoms with van der Waals surface area (Å²) < 4.78 is 6.28. The Hall–Kier alpha value is -7.94. The molecule has 0 atom stereocenters. The van der Waals surface area contributed by atoms with Crippen LogP contribution in [0.4, 0.5) is 17.1 Å². The SMILES string of the molecule is c1ccc(-c2cc3ccccc3o2)c(-c2ccc(-c3ccc(N(c4ccc(-c5ccc(-c6cccc7ccccc67)cc5)cc4)c4ccc5ccccc5c4)cc3)cc2)c1. The minimum atomic E-state index is 0.878. The van der Waals surface area contributed by atoms with Crippen LogP contribution in [0.25, 0.3) is 88.3 Å². The second-order valence-corrected chi connectivity index (χ2v) is 15.3. The summed E-state index contributed by atoms with van der Waals surface area (Å²) in [6, 6.07) is 84.8. The van der Waals surface area contributed by atoms with Crippen LogP contribution in [0.5, 0.6) is 0 Å². The van der Waals surface area contributed by atoms with Gasteiger partial charge in [0.25, 0.3) is 0 Å². The molecule has 0 aliphatic rings. The van der Waals surface area contributed by atoms with Crippen LogP contribution in [0.1, 0.15) is 0 Å². The Balaban J connectivity index is 0.891. The average molecular weight is 766 g/mol. The van der Waals surface area contributed by atoms with Crippen LogP contribution in [0, 0.1) is 0 Å². The lowest BCUT2D eigenvalue weighted by atomic mass is 9.95. The van der Waals surface area contributed by atoms with Crippen LogP contribution in [-0.4, -0.2) is 0 Å². The number of rotatable bonds is 8. The lowest BCUT2D eigenvalue weighted by molar-refractivity contribution is 0.632. The summed E-state index contributed by atoms with van der Waals surface area (Å²) in [5.41, 5.74) is 14.8. The van der Waals surface area contributed by atoms with E-state index in [0.717, 1.165) is 56.0 Å². The molecule has 0 spiro atoms. The third kappa shape index (κ3) is 6.61. The highest BCUT2D eigenvalue weighted by Crippen LogP contribution is 2.40. The molecule has 0 saturated heterocycles. The summed E-state index contributed by atoms with van der Waals surface area (Å²) in [5, 5.41) is 6.07. The van der Waals surface area contributed by atoms with Crippen LogP contribution in [0.15, 0.2) is 241 Å². The number of hydrogen-bond acceptors (Lipinski definition) is 2. The Labute approximate surface area is 349 Å². The Kier molecular flexibility index (Phi) is 8.87. The van der Waals surface area contributed by atoms with Crippen molar-refractivity contribution in [2.45, 2.75) is 0 Å². The minimum absolute atomic E-state index is 0.878. The van der Waals surface area contributed by atoms with Gasteiger partial charge >= 0.3 is 0 Å². The first kappa shape index (κ1) is 35.2. The summed E-state index contributed by atoms with van der Waals surface area (Å²) in [5.74, 6) is 0.878. The van der Waals surface area contributed by atoms with Gasteiger partial charge in [0.1, 0.15) is 11.3 Å². The van der Waals surface area contributed by atoms with Gasteiger partial charge in [-0.3, -0.25) is 0 Å². The van der Waals surface area contributed by atoms with Gasteiger partial charge < -0.3 is 9.32 Å². The van der Waals surface area contributed by atoms with Crippen molar-refractivity contribution in [3.8, 4) is 55.8 Å². The van der Waals surface area contributed by atoms with E-state index in [1.807, 2.05) is 18.2 Å². The molecule has 60 heavy (non-hydrogen) atoms. The standard InChI is InChI=1S/C58H39NO/c1-2-12-48-38-52(37-32-40(48)10-1)59(50-33-28-43(29-34-50)41-20-24-46(25-21-41)54-18-9-14-45-11-3-5-15-53(45)54)51-35-30-44(31-36-51)42-22-26-47(27-23-42)55-16-6-7-17-56(55)58-39-49-13-4-8-19-57(49)60-58/h1-39H. The predicted molar refractivity (Wildman–Crippen MR) is 253 cm³/mol. The summed E-state index contributed by atoms with van der Waals surface area (Å²) in [6.45, 7) is 0. The van der Waals surface area contributed by atoms with Crippen molar-refractivity contribution < 1.29 is 4.42 Å². The first-order valence-electron chi connectivity index (χ1n) is 20.5. The van der Waals surface area contributed by atoms with E-state index >= 15 is 0 Å². The zero-order chi connectivity index (χ0) is 39.8. The Morgan fingerprint density at radius 3 is 1.37 bits per heavy atom. The molecule has 282 valence electrons. The maximum absolute atomic E-state index is 6.28. The molecule has 0 saturated carbocycles. The van der Waals surface area contributed by atoms with E-state index in [4.69, 9.17) is 4.42 Å². The molecule has 0 aliphatic carbocycles. The molecule has 2 heteroatoms. The van der Waals surface area contributed by atoms with E-state index in [1.165, 1.54) is 49.4 Å². The third-order valence-electron chi connectivity index (χ3n) is 11.7. The van der Waals surface area contributed by atoms with Crippen LogP contribution < -0.4 is 4.90 Å². The number of hydrogen-bond donors (Lipinski definition) is 0. The van der Waals surface area contributed by atoms with E-state index in [9.17, 15) is 0 Å². The van der Waals surface area contributed by atoms with Crippen molar-refractivity contribution in [2.75, 3.05) is 4.90 Å². The molecule has 0 amide bonds. The second-order valence-electron chi connectivity index (χ2n) is 15.3. The molecular formula is C58H39NO. The van der Waals surface area contributed by atoms with Gasteiger partial charge in [0, 0.05) is 28.0 Å². The van der Waals surface area contributed by atoms with Crippen LogP contribution in [0.3, 0.4) is 0 Å². The zero-order valence-corrected chi connectivity index (χ0v) is 32.9. The number of furan rings is 1. The van der Waals surface area contributed by atoms with Crippen molar-refractivity contribution in [3.63, 3.8) is 0 Å². The summed E-state index contributed by atoms with van der Waals surface area (Å²) in [4.78, 5) is 2.35. The first-order valence-corrected chi connectivity index (χ1v) is 20.5. The fourth-order valence-corrected chi connectivity index (χ4v) is 8.59. The van der Waals surface area contributed by atoms with Gasteiger partial charge in [-0.1, -0.05) is 188 Å². The molecule has 0 N–H and O–H groups in total. The molecule has 11 aromatic rings. The van der Waals surface area contributed by atoms with E-state index in [0.29, 0.717) is 0 Å². The van der Waals surface area contributed by atoms with E-state index in [2.05, 4.69) is 223 Å². The quantitative estimate of drug-likeness (QED) is 0.153. The molecule has 0 aliphatic heterocycles. The van der Waals surface area contributed by atoms with Crippen molar-refractivity contribution in [3.05, 3.63) is 237 Å². The molecule has 1 aromatic heterocycles. The van der Waals surface area contributed by atoms with Crippen molar-refractivity contribution in [1.82, 2.24) is 0 Å². The number of nitrogens with zero attached hydrogens (tertiary/aromatic N) is 1. The van der Waals surface area contributed by atoms with Gasteiger partial charge in [0.05, 0.1) is 0 Å². The Morgan fingerprint density at radius 2 is 0.717 bits per heavy atom. The fourth-order valence-electron chi connectivity index (χ4n) is 8.59. The lowest BCUT2D eigenvalue weighted by Crippen LogP contribution is -2.09. The molecular weight excluding hydrogens is 727 g/mol. The lowest BCUT2D eigenvalue weighted by Gasteiger charge is -2.26. The average Bonchev–Trinajstić information content (AvgIpc) is 3.77. The van der Waals surface area contributed by atoms with Gasteiger partial charge in [-0.15, -0.1) is 0 Å². The van der Waals surface area contributed by atoms with Crippen molar-refractivity contribution in [1.29, 1.82) is 0 Å². The van der Waals surface area contributed by atoms with Crippen LogP contribution in [0.2, 0.25) is 0 Å². The predicted octanol–water partition coefficient (Wildman–Crippen LogP) is 16.5. The Morgan fingerprint density at radius 1 is 0.267 bits per heavy atom. The highest BCUT2D eigenvalue weighted by Gasteiger charge is 2.16. The van der Waals surface area contributed by atoms with Gasteiger partial charge in [-0.05, 0) is 115 Å². The zero-order valence-electron chi connectivity index (χ0n) is 32.9. The maximum atomic E-state index is 6.28. The van der Waals surface area contributed by atoms with E-state index in [-0.39, 0.29) is 0 Å². The van der Waals surface area contributed by atoms with Crippen molar-refractivity contribution in [2.24, 2.45) is 0 Å². The summed E-state index contributed by atoms with van der Waals surface area (Å²) >= 11 is 0. The smallest absolute Gasteiger partial charge is 0.136 e. The maximum Gasteiger partial charge on any atom is 0.136 e. The molecule has 0 unspecified atom stereocenters. The van der Waals surface area contributed by atoms with Gasteiger partial charge in [0.2, 0.25) is 0 Å². The number of para-hydroxylation sites is 1. The molecule has 0 fully saturated rings. The van der Waals surface area contributed by atoms with E-state index < -0.39 is 0 Å².